The molecule has 3 rings (SSSR count). The van der Waals surface area contributed by atoms with Crippen molar-refractivity contribution in [3.63, 3.8) is 0 Å². The number of anilines is 1. The Morgan fingerprint density at radius 2 is 2.05 bits per heavy atom. The fraction of sp³-hybridized carbons (Fsp3) is 0.0667. The normalized spacial score (nSPS) is 10.7. The maximum Gasteiger partial charge on any atom is 0.234 e. The fourth-order valence-electron chi connectivity index (χ4n) is 1.89. The van der Waals surface area contributed by atoms with Gasteiger partial charge in [-0.1, -0.05) is 29.4 Å². The Hall–Kier alpha value is -1.98. The molecule has 0 bridgehead atoms. The first-order valence-corrected chi connectivity index (χ1v) is 7.69. The predicted molar refractivity (Wildman–Crippen MR) is 86.0 cm³/mol. The predicted octanol–water partition coefficient (Wildman–Crippen LogP) is 3.72. The highest BCUT2D eigenvalue weighted by atomic mass is 35.5. The van der Waals surface area contributed by atoms with E-state index in [2.05, 4.69) is 10.3 Å². The van der Waals surface area contributed by atoms with E-state index in [1.54, 1.807) is 30.5 Å². The molecule has 0 saturated heterocycles. The largest absolute Gasteiger partial charge is 0.325 e. The highest BCUT2D eigenvalue weighted by molar-refractivity contribution is 7.99. The second kappa shape index (κ2) is 6.20. The average Bonchev–Trinajstić information content (AvgIpc) is 2.91. The van der Waals surface area contributed by atoms with Gasteiger partial charge in [0.1, 0.15) is 0 Å². The maximum atomic E-state index is 11.9. The molecule has 1 amide bonds. The lowest BCUT2D eigenvalue weighted by Crippen LogP contribution is -2.14. The Morgan fingerprint density at radius 1 is 1.24 bits per heavy atom. The standard InChI is InChI=1S/C15H12ClN3OS/c16-11-4-6-12(7-5-11)18-14(20)10-21-15-17-9-13-3-1-2-8-19(13)15/h1-9H,10H2,(H,18,20). The van der Waals surface area contributed by atoms with Crippen LogP contribution in [-0.4, -0.2) is 21.0 Å². The van der Waals surface area contributed by atoms with E-state index in [9.17, 15) is 4.79 Å². The number of rotatable bonds is 4. The first kappa shape index (κ1) is 14.0. The molecule has 0 atom stereocenters. The smallest absolute Gasteiger partial charge is 0.234 e. The van der Waals surface area contributed by atoms with Gasteiger partial charge in [-0.2, -0.15) is 0 Å². The fourth-order valence-corrected chi connectivity index (χ4v) is 2.78. The van der Waals surface area contributed by atoms with Crippen molar-refractivity contribution in [2.45, 2.75) is 5.16 Å². The van der Waals surface area contributed by atoms with Gasteiger partial charge in [-0.3, -0.25) is 9.20 Å². The summed E-state index contributed by atoms with van der Waals surface area (Å²) in [4.78, 5) is 16.2. The number of thioether (sulfide) groups is 1. The molecule has 0 aliphatic rings. The van der Waals surface area contributed by atoms with Gasteiger partial charge in [0, 0.05) is 16.9 Å². The lowest BCUT2D eigenvalue weighted by Gasteiger charge is -2.05. The second-order valence-electron chi connectivity index (χ2n) is 4.38. The van der Waals surface area contributed by atoms with Crippen molar-refractivity contribution in [2.75, 3.05) is 11.1 Å². The Balaban J connectivity index is 1.62. The Bertz CT molecular complexity index is 770. The number of hydrogen-bond donors (Lipinski definition) is 1. The zero-order chi connectivity index (χ0) is 14.7. The first-order chi connectivity index (χ1) is 10.2. The molecular weight excluding hydrogens is 306 g/mol. The molecule has 0 radical (unpaired) electrons. The molecule has 0 aliphatic carbocycles. The minimum Gasteiger partial charge on any atom is -0.325 e. The van der Waals surface area contributed by atoms with Crippen LogP contribution >= 0.6 is 23.4 Å². The number of nitrogens with zero attached hydrogens (tertiary/aromatic N) is 2. The summed E-state index contributed by atoms with van der Waals surface area (Å²) in [5, 5.41) is 4.27. The molecule has 21 heavy (non-hydrogen) atoms. The topological polar surface area (TPSA) is 46.4 Å². The van der Waals surface area contributed by atoms with Crippen molar-refractivity contribution in [1.82, 2.24) is 9.38 Å². The number of hydrogen-bond acceptors (Lipinski definition) is 3. The summed E-state index contributed by atoms with van der Waals surface area (Å²) in [5.74, 6) is 0.228. The molecule has 3 aromatic rings. The number of pyridine rings is 1. The minimum absolute atomic E-state index is 0.0741. The molecule has 0 aliphatic heterocycles. The van der Waals surface area contributed by atoms with Crippen LogP contribution < -0.4 is 5.32 Å². The number of imidazole rings is 1. The van der Waals surface area contributed by atoms with Gasteiger partial charge in [-0.05, 0) is 36.4 Å². The second-order valence-corrected chi connectivity index (χ2v) is 5.76. The number of amides is 1. The van der Waals surface area contributed by atoms with Crippen molar-refractivity contribution >= 4 is 40.5 Å². The lowest BCUT2D eigenvalue weighted by molar-refractivity contribution is -0.113. The number of halogens is 1. The van der Waals surface area contributed by atoms with Gasteiger partial charge >= 0.3 is 0 Å². The summed E-state index contributed by atoms with van der Waals surface area (Å²) in [7, 11) is 0. The maximum absolute atomic E-state index is 11.9. The number of carbonyl (C=O) groups is 1. The van der Waals surface area contributed by atoms with Crippen LogP contribution in [0.5, 0.6) is 0 Å². The number of fused-ring (bicyclic) bond motifs is 1. The molecule has 0 spiro atoms. The Morgan fingerprint density at radius 3 is 2.86 bits per heavy atom. The van der Waals surface area contributed by atoms with Crippen LogP contribution in [0, 0.1) is 0 Å². The molecule has 0 saturated carbocycles. The van der Waals surface area contributed by atoms with E-state index < -0.39 is 0 Å². The minimum atomic E-state index is -0.0741. The van der Waals surface area contributed by atoms with Crippen molar-refractivity contribution in [3.05, 3.63) is 59.9 Å². The van der Waals surface area contributed by atoms with E-state index in [1.165, 1.54) is 11.8 Å². The molecular formula is C15H12ClN3OS. The van der Waals surface area contributed by atoms with Crippen LogP contribution in [-0.2, 0) is 4.79 Å². The molecule has 1 aromatic carbocycles. The monoisotopic (exact) mass is 317 g/mol. The quantitative estimate of drug-likeness (QED) is 0.746. The Kier molecular flexibility index (Phi) is 4.13. The van der Waals surface area contributed by atoms with Crippen LogP contribution in [0.2, 0.25) is 5.02 Å². The van der Waals surface area contributed by atoms with E-state index in [0.717, 1.165) is 16.4 Å². The van der Waals surface area contributed by atoms with E-state index in [0.29, 0.717) is 10.8 Å². The van der Waals surface area contributed by atoms with Gasteiger partial charge in [-0.15, -0.1) is 0 Å². The van der Waals surface area contributed by atoms with Crippen molar-refractivity contribution in [1.29, 1.82) is 0 Å². The van der Waals surface area contributed by atoms with Crippen LogP contribution in [0.1, 0.15) is 0 Å². The van der Waals surface area contributed by atoms with Crippen LogP contribution in [0.25, 0.3) is 5.52 Å². The third kappa shape index (κ3) is 3.37. The Labute approximate surface area is 131 Å². The van der Waals surface area contributed by atoms with Gasteiger partial charge in [0.2, 0.25) is 5.91 Å². The van der Waals surface area contributed by atoms with Crippen molar-refractivity contribution in [2.24, 2.45) is 0 Å². The molecule has 4 nitrogen and oxygen atoms in total. The molecule has 0 fully saturated rings. The average molecular weight is 318 g/mol. The third-order valence-corrected chi connectivity index (χ3v) is 4.08. The molecule has 2 aromatic heterocycles. The first-order valence-electron chi connectivity index (χ1n) is 6.33. The summed E-state index contributed by atoms with van der Waals surface area (Å²) in [6.45, 7) is 0. The third-order valence-electron chi connectivity index (χ3n) is 2.87. The molecule has 0 unspecified atom stereocenters. The highest BCUT2D eigenvalue weighted by Gasteiger charge is 2.08. The number of benzene rings is 1. The van der Waals surface area contributed by atoms with E-state index in [-0.39, 0.29) is 5.91 Å². The zero-order valence-electron chi connectivity index (χ0n) is 11.0. The number of nitrogens with one attached hydrogen (secondary N) is 1. The van der Waals surface area contributed by atoms with Gasteiger partial charge in [0.25, 0.3) is 0 Å². The molecule has 106 valence electrons. The van der Waals surface area contributed by atoms with Gasteiger partial charge in [0.15, 0.2) is 5.16 Å². The van der Waals surface area contributed by atoms with E-state index >= 15 is 0 Å². The van der Waals surface area contributed by atoms with Crippen molar-refractivity contribution in [3.8, 4) is 0 Å². The molecule has 6 heteroatoms. The van der Waals surface area contributed by atoms with Crippen molar-refractivity contribution < 1.29 is 4.79 Å². The SMILES string of the molecule is O=C(CSc1ncc2ccccn12)Nc1ccc(Cl)cc1. The number of carbonyl (C=O) groups excluding carboxylic acids is 1. The summed E-state index contributed by atoms with van der Waals surface area (Å²) < 4.78 is 1.96. The lowest BCUT2D eigenvalue weighted by atomic mass is 10.3. The van der Waals surface area contributed by atoms with E-state index in [1.807, 2.05) is 28.8 Å². The van der Waals surface area contributed by atoms with Gasteiger partial charge in [0.05, 0.1) is 17.5 Å². The molecule has 1 N–H and O–H groups in total. The van der Waals surface area contributed by atoms with Gasteiger partial charge in [-0.25, -0.2) is 4.98 Å². The van der Waals surface area contributed by atoms with Crippen LogP contribution in [0.15, 0.2) is 60.0 Å². The summed E-state index contributed by atoms with van der Waals surface area (Å²) in [5.41, 5.74) is 1.75. The van der Waals surface area contributed by atoms with Crippen LogP contribution in [0.4, 0.5) is 5.69 Å². The summed E-state index contributed by atoms with van der Waals surface area (Å²) in [6.07, 6.45) is 3.72. The molecule has 2 heterocycles. The number of aromatic nitrogens is 2. The van der Waals surface area contributed by atoms with E-state index in [4.69, 9.17) is 11.6 Å². The zero-order valence-corrected chi connectivity index (χ0v) is 12.6. The van der Waals surface area contributed by atoms with Gasteiger partial charge < -0.3 is 5.32 Å². The summed E-state index contributed by atoms with van der Waals surface area (Å²) >= 11 is 7.21. The van der Waals surface area contributed by atoms with Crippen LogP contribution in [0.3, 0.4) is 0 Å². The highest BCUT2D eigenvalue weighted by Crippen LogP contribution is 2.19. The summed E-state index contributed by atoms with van der Waals surface area (Å²) in [6, 6.07) is 12.9.